The largest absolute Gasteiger partial charge is 0.450 e. The summed E-state index contributed by atoms with van der Waals surface area (Å²) in [5.74, 6) is -1.46. The van der Waals surface area contributed by atoms with Crippen LogP contribution in [0.3, 0.4) is 0 Å². The highest BCUT2D eigenvalue weighted by Crippen LogP contribution is 2.38. The maximum absolute atomic E-state index is 11.5. The second-order valence-electron chi connectivity index (χ2n) is 5.55. The minimum absolute atomic E-state index is 0.136. The number of rotatable bonds is 6. The highest BCUT2D eigenvalue weighted by Gasteiger charge is 2.21. The van der Waals surface area contributed by atoms with E-state index in [4.69, 9.17) is 34.8 Å². The summed E-state index contributed by atoms with van der Waals surface area (Å²) in [6, 6.07) is 12.0. The van der Waals surface area contributed by atoms with E-state index < -0.39 is 17.9 Å². The molecule has 0 spiro atoms. The van der Waals surface area contributed by atoms with Gasteiger partial charge in [-0.3, -0.25) is 15.5 Å². The van der Waals surface area contributed by atoms with Crippen LogP contribution in [0.15, 0.2) is 41.5 Å². The number of anilines is 1. The van der Waals surface area contributed by atoms with E-state index in [1.165, 1.54) is 12.1 Å². The van der Waals surface area contributed by atoms with Crippen LogP contribution in [-0.4, -0.2) is 24.8 Å². The molecule has 2 aromatic rings. The van der Waals surface area contributed by atoms with Crippen LogP contribution in [0, 0.1) is 11.3 Å². The molecule has 0 fully saturated rings. The number of hydrogen-bond acceptors (Lipinski definition) is 6. The van der Waals surface area contributed by atoms with Gasteiger partial charge >= 0.3 is 6.09 Å². The SMILES string of the molecule is CCOC(=O)NC(=O)/C=N/Nc1cc(Cl)c(C(C#N)c2ccc(Cl)cc2)c(Cl)c1. The summed E-state index contributed by atoms with van der Waals surface area (Å²) in [5.41, 5.74) is 4.09. The fraction of sp³-hybridized carbons (Fsp3) is 0.158. The highest BCUT2D eigenvalue weighted by atomic mass is 35.5. The predicted octanol–water partition coefficient (Wildman–Crippen LogP) is 4.97. The van der Waals surface area contributed by atoms with E-state index in [1.54, 1.807) is 31.2 Å². The van der Waals surface area contributed by atoms with E-state index in [-0.39, 0.29) is 16.7 Å². The predicted molar refractivity (Wildman–Crippen MR) is 113 cm³/mol. The summed E-state index contributed by atoms with van der Waals surface area (Å²) >= 11 is 18.6. The Morgan fingerprint density at radius 1 is 1.21 bits per heavy atom. The van der Waals surface area contributed by atoms with Crippen molar-refractivity contribution in [1.82, 2.24) is 5.32 Å². The van der Waals surface area contributed by atoms with Gasteiger partial charge in [0.25, 0.3) is 5.91 Å². The van der Waals surface area contributed by atoms with E-state index in [0.29, 0.717) is 21.8 Å². The third-order valence-electron chi connectivity index (χ3n) is 3.58. The number of halogens is 3. The molecular formula is C19H15Cl3N4O3. The molecule has 2 amide bonds. The first-order valence-electron chi connectivity index (χ1n) is 8.26. The van der Waals surface area contributed by atoms with Crippen LogP contribution < -0.4 is 10.7 Å². The van der Waals surface area contributed by atoms with Crippen molar-refractivity contribution >= 4 is 58.7 Å². The van der Waals surface area contributed by atoms with Crippen LogP contribution in [0.2, 0.25) is 15.1 Å². The smallest absolute Gasteiger partial charge is 0.414 e. The van der Waals surface area contributed by atoms with Crippen molar-refractivity contribution in [3.8, 4) is 6.07 Å². The Morgan fingerprint density at radius 3 is 2.38 bits per heavy atom. The van der Waals surface area contributed by atoms with Crippen molar-refractivity contribution in [3.05, 3.63) is 62.6 Å². The normalized spacial score (nSPS) is 11.6. The molecule has 2 N–H and O–H groups in total. The molecule has 0 aromatic heterocycles. The lowest BCUT2D eigenvalue weighted by molar-refractivity contribution is -0.113. The van der Waals surface area contributed by atoms with Crippen LogP contribution in [0.4, 0.5) is 10.5 Å². The molecule has 10 heteroatoms. The molecule has 0 aliphatic rings. The minimum Gasteiger partial charge on any atom is -0.450 e. The van der Waals surface area contributed by atoms with Gasteiger partial charge in [-0.2, -0.15) is 10.4 Å². The molecule has 2 aromatic carbocycles. The van der Waals surface area contributed by atoms with E-state index in [9.17, 15) is 14.9 Å². The summed E-state index contributed by atoms with van der Waals surface area (Å²) in [5, 5.41) is 16.3. The Bertz CT molecular complexity index is 949. The number of imide groups is 1. The number of carbonyl (C=O) groups excluding carboxylic acids is 2. The molecule has 29 heavy (non-hydrogen) atoms. The van der Waals surface area contributed by atoms with Crippen LogP contribution in [0.25, 0.3) is 0 Å². The average molecular weight is 454 g/mol. The molecule has 0 heterocycles. The number of alkyl carbamates (subject to hydrolysis) is 1. The fourth-order valence-corrected chi connectivity index (χ4v) is 3.18. The average Bonchev–Trinajstić information content (AvgIpc) is 2.65. The Kier molecular flexibility index (Phi) is 8.28. The molecule has 0 saturated heterocycles. The van der Waals surface area contributed by atoms with Gasteiger partial charge in [-0.15, -0.1) is 0 Å². The van der Waals surface area contributed by atoms with Crippen LogP contribution in [-0.2, 0) is 9.53 Å². The molecular weight excluding hydrogens is 439 g/mol. The molecule has 0 saturated carbocycles. The lowest BCUT2D eigenvalue weighted by atomic mass is 9.92. The monoisotopic (exact) mass is 452 g/mol. The topological polar surface area (TPSA) is 104 Å². The summed E-state index contributed by atoms with van der Waals surface area (Å²) < 4.78 is 4.58. The van der Waals surface area contributed by atoms with Crippen LogP contribution in [0.1, 0.15) is 24.0 Å². The minimum atomic E-state index is -0.871. The Morgan fingerprint density at radius 2 is 1.83 bits per heavy atom. The lowest BCUT2D eigenvalue weighted by Crippen LogP contribution is -2.31. The number of ether oxygens (including phenoxy) is 1. The van der Waals surface area contributed by atoms with E-state index in [2.05, 4.69) is 21.3 Å². The maximum atomic E-state index is 11.5. The quantitative estimate of drug-likeness (QED) is 0.474. The van der Waals surface area contributed by atoms with Gasteiger partial charge in [0.2, 0.25) is 0 Å². The van der Waals surface area contributed by atoms with Crippen LogP contribution in [0.5, 0.6) is 0 Å². The van der Waals surface area contributed by atoms with Crippen molar-refractivity contribution in [2.24, 2.45) is 5.10 Å². The van der Waals surface area contributed by atoms with Crippen LogP contribution >= 0.6 is 34.8 Å². The third kappa shape index (κ3) is 6.36. The number of hydrogen-bond donors (Lipinski definition) is 2. The highest BCUT2D eigenvalue weighted by molar-refractivity contribution is 6.36. The summed E-state index contributed by atoms with van der Waals surface area (Å²) in [4.78, 5) is 22.7. The van der Waals surface area contributed by atoms with Gasteiger partial charge in [0, 0.05) is 20.6 Å². The fourth-order valence-electron chi connectivity index (χ4n) is 2.35. The molecule has 2 rings (SSSR count). The molecule has 150 valence electrons. The van der Waals surface area contributed by atoms with Gasteiger partial charge in [-0.25, -0.2) is 4.79 Å². The first kappa shape index (κ1) is 22.5. The lowest BCUT2D eigenvalue weighted by Gasteiger charge is -2.15. The van der Waals surface area contributed by atoms with E-state index in [0.717, 1.165) is 6.21 Å². The Labute approximate surface area is 182 Å². The van der Waals surface area contributed by atoms with E-state index in [1.807, 2.05) is 5.32 Å². The van der Waals surface area contributed by atoms with Crippen molar-refractivity contribution in [3.63, 3.8) is 0 Å². The molecule has 0 aliphatic heterocycles. The number of nitriles is 1. The zero-order valence-electron chi connectivity index (χ0n) is 15.1. The van der Waals surface area contributed by atoms with Crippen molar-refractivity contribution in [2.45, 2.75) is 12.8 Å². The maximum Gasteiger partial charge on any atom is 0.414 e. The summed E-state index contributed by atoms with van der Waals surface area (Å²) in [6.07, 6.45) is -0.0116. The summed E-state index contributed by atoms with van der Waals surface area (Å²) in [7, 11) is 0. The number of benzene rings is 2. The van der Waals surface area contributed by atoms with Gasteiger partial charge in [0.1, 0.15) is 6.21 Å². The molecule has 0 bridgehead atoms. The zero-order valence-corrected chi connectivity index (χ0v) is 17.3. The van der Waals surface area contributed by atoms with Gasteiger partial charge in [-0.05, 0) is 36.8 Å². The number of nitrogens with zero attached hydrogens (tertiary/aromatic N) is 2. The first-order valence-corrected chi connectivity index (χ1v) is 9.40. The standard InChI is InChI=1S/C19H15Cl3N4O3/c1-2-29-19(28)25-17(27)10-24-26-13-7-15(21)18(16(22)8-13)14(9-23)11-3-5-12(20)6-4-11/h3-8,10,14,26H,2H2,1H3,(H,25,27,28)/b24-10+. The molecule has 0 radical (unpaired) electrons. The number of carbonyl (C=O) groups is 2. The molecule has 7 nitrogen and oxygen atoms in total. The van der Waals surface area contributed by atoms with Crippen molar-refractivity contribution < 1.29 is 14.3 Å². The Hall–Kier alpha value is -2.79. The summed E-state index contributed by atoms with van der Waals surface area (Å²) in [6.45, 7) is 1.75. The van der Waals surface area contributed by atoms with Gasteiger partial charge in [-0.1, -0.05) is 46.9 Å². The third-order valence-corrected chi connectivity index (χ3v) is 4.45. The first-order chi connectivity index (χ1) is 13.8. The molecule has 1 atom stereocenters. The van der Waals surface area contributed by atoms with E-state index >= 15 is 0 Å². The van der Waals surface area contributed by atoms with Gasteiger partial charge in [0.05, 0.1) is 24.3 Å². The Balaban J connectivity index is 2.15. The number of hydrazone groups is 1. The number of nitrogens with one attached hydrogen (secondary N) is 2. The van der Waals surface area contributed by atoms with Crippen molar-refractivity contribution in [1.29, 1.82) is 5.26 Å². The van der Waals surface area contributed by atoms with Gasteiger partial charge < -0.3 is 4.74 Å². The zero-order chi connectivity index (χ0) is 21.4. The van der Waals surface area contributed by atoms with Crippen molar-refractivity contribution in [2.75, 3.05) is 12.0 Å². The number of amides is 2. The molecule has 1 unspecified atom stereocenters. The second kappa shape index (κ2) is 10.7. The second-order valence-corrected chi connectivity index (χ2v) is 6.80. The molecule has 0 aliphatic carbocycles. The van der Waals surface area contributed by atoms with Gasteiger partial charge in [0.15, 0.2) is 0 Å².